The average molecular weight is 319 g/mol. The number of hydrogen-bond donors (Lipinski definition) is 2. The predicted octanol–water partition coefficient (Wildman–Crippen LogP) is 3.51. The van der Waals surface area contributed by atoms with Crippen LogP contribution in [0.4, 0.5) is 0 Å². The molecule has 0 spiro atoms. The minimum absolute atomic E-state index is 0.192. The Morgan fingerprint density at radius 1 is 1.09 bits per heavy atom. The SMILES string of the molecule is CC(O)C1COC(c2cc(C(C)(C)C)c(O)c(C(C)(C)C)c2)=N1. The van der Waals surface area contributed by atoms with Crippen LogP contribution >= 0.6 is 0 Å². The van der Waals surface area contributed by atoms with E-state index in [1.807, 2.05) is 12.1 Å². The quantitative estimate of drug-likeness (QED) is 0.877. The Kier molecular flexibility index (Phi) is 4.51. The van der Waals surface area contributed by atoms with E-state index in [1.165, 1.54) is 0 Å². The number of aliphatic imine (C=N–C) groups is 1. The summed E-state index contributed by atoms with van der Waals surface area (Å²) < 4.78 is 5.70. The number of rotatable bonds is 2. The normalized spacial score (nSPS) is 20.2. The van der Waals surface area contributed by atoms with Crippen LogP contribution in [0.1, 0.15) is 65.2 Å². The van der Waals surface area contributed by atoms with Gasteiger partial charge < -0.3 is 14.9 Å². The van der Waals surface area contributed by atoms with Crippen LogP contribution in [0.5, 0.6) is 5.75 Å². The third-order valence-electron chi connectivity index (χ3n) is 4.20. The summed E-state index contributed by atoms with van der Waals surface area (Å²) in [6.45, 7) is 14.6. The standard InChI is InChI=1S/C19H29NO3/c1-11(21)15-10-23-17(20-15)12-8-13(18(2,3)4)16(22)14(9-12)19(5,6)7/h8-9,11,15,21-22H,10H2,1-7H3. The first-order valence-corrected chi connectivity index (χ1v) is 8.18. The summed E-state index contributed by atoms with van der Waals surface area (Å²) in [4.78, 5) is 4.50. The number of benzene rings is 1. The minimum Gasteiger partial charge on any atom is -0.507 e. The predicted molar refractivity (Wildman–Crippen MR) is 93.5 cm³/mol. The molecule has 1 aromatic carbocycles. The molecule has 0 radical (unpaired) electrons. The lowest BCUT2D eigenvalue weighted by atomic mass is 9.78. The molecule has 0 bridgehead atoms. The Hall–Kier alpha value is -1.55. The van der Waals surface area contributed by atoms with Gasteiger partial charge in [-0.3, -0.25) is 0 Å². The van der Waals surface area contributed by atoms with Gasteiger partial charge in [0.2, 0.25) is 5.90 Å². The number of phenolic OH excluding ortho intramolecular Hbond substituents is 1. The third-order valence-corrected chi connectivity index (χ3v) is 4.20. The van der Waals surface area contributed by atoms with Gasteiger partial charge in [0, 0.05) is 16.7 Å². The van der Waals surface area contributed by atoms with Crippen molar-refractivity contribution in [3.8, 4) is 5.75 Å². The molecule has 128 valence electrons. The van der Waals surface area contributed by atoms with Crippen molar-refractivity contribution in [3.63, 3.8) is 0 Å². The molecule has 2 rings (SSSR count). The molecule has 0 aliphatic carbocycles. The van der Waals surface area contributed by atoms with E-state index in [0.29, 0.717) is 18.3 Å². The maximum Gasteiger partial charge on any atom is 0.216 e. The van der Waals surface area contributed by atoms with E-state index >= 15 is 0 Å². The molecule has 2 N–H and O–H groups in total. The number of aliphatic hydroxyl groups excluding tert-OH is 1. The lowest BCUT2D eigenvalue weighted by molar-refractivity contribution is 0.145. The topological polar surface area (TPSA) is 62.0 Å². The summed E-state index contributed by atoms with van der Waals surface area (Å²) in [5.41, 5.74) is 2.24. The highest BCUT2D eigenvalue weighted by atomic mass is 16.5. The van der Waals surface area contributed by atoms with Crippen LogP contribution in [-0.2, 0) is 15.6 Å². The van der Waals surface area contributed by atoms with Crippen LogP contribution in [0.3, 0.4) is 0 Å². The van der Waals surface area contributed by atoms with Crippen molar-refractivity contribution in [2.75, 3.05) is 6.61 Å². The Labute approximate surface area is 139 Å². The van der Waals surface area contributed by atoms with E-state index in [4.69, 9.17) is 4.74 Å². The van der Waals surface area contributed by atoms with Gasteiger partial charge >= 0.3 is 0 Å². The first-order chi connectivity index (χ1) is 10.4. The molecule has 2 atom stereocenters. The van der Waals surface area contributed by atoms with Crippen LogP contribution in [0.25, 0.3) is 0 Å². The smallest absolute Gasteiger partial charge is 0.216 e. The van der Waals surface area contributed by atoms with Crippen molar-refractivity contribution in [2.24, 2.45) is 4.99 Å². The first-order valence-electron chi connectivity index (χ1n) is 8.18. The molecule has 0 saturated heterocycles. The van der Waals surface area contributed by atoms with Crippen LogP contribution in [0.15, 0.2) is 17.1 Å². The Morgan fingerprint density at radius 2 is 1.57 bits per heavy atom. The van der Waals surface area contributed by atoms with Crippen molar-refractivity contribution in [3.05, 3.63) is 28.8 Å². The fourth-order valence-corrected chi connectivity index (χ4v) is 2.70. The third kappa shape index (κ3) is 3.69. The van der Waals surface area contributed by atoms with Gasteiger partial charge in [-0.05, 0) is 29.9 Å². The summed E-state index contributed by atoms with van der Waals surface area (Å²) in [6, 6.07) is 3.68. The van der Waals surface area contributed by atoms with Crippen LogP contribution in [-0.4, -0.2) is 34.9 Å². The zero-order chi connectivity index (χ0) is 17.6. The highest BCUT2D eigenvalue weighted by Gasteiger charge is 2.30. The molecule has 0 amide bonds. The number of hydrogen-bond acceptors (Lipinski definition) is 4. The number of aliphatic hydroxyl groups is 1. The highest BCUT2D eigenvalue weighted by molar-refractivity contribution is 5.96. The molecule has 0 aromatic heterocycles. The van der Waals surface area contributed by atoms with Crippen LogP contribution < -0.4 is 0 Å². The van der Waals surface area contributed by atoms with Gasteiger partial charge in [-0.25, -0.2) is 4.99 Å². The molecule has 4 nitrogen and oxygen atoms in total. The van der Waals surface area contributed by atoms with Gasteiger partial charge in [-0.2, -0.15) is 0 Å². The molecule has 1 aliphatic rings. The van der Waals surface area contributed by atoms with E-state index in [-0.39, 0.29) is 16.9 Å². The van der Waals surface area contributed by atoms with E-state index in [9.17, 15) is 10.2 Å². The average Bonchev–Trinajstić information content (AvgIpc) is 2.85. The van der Waals surface area contributed by atoms with Crippen molar-refractivity contribution >= 4 is 5.90 Å². The Balaban J connectivity index is 2.60. The summed E-state index contributed by atoms with van der Waals surface area (Å²) in [7, 11) is 0. The molecule has 4 heteroatoms. The number of nitrogens with zero attached hydrogens (tertiary/aromatic N) is 1. The molecule has 0 saturated carbocycles. The van der Waals surface area contributed by atoms with Gasteiger partial charge in [-0.15, -0.1) is 0 Å². The Bertz CT molecular complexity index is 583. The van der Waals surface area contributed by atoms with Gasteiger partial charge in [0.15, 0.2) is 0 Å². The number of aromatic hydroxyl groups is 1. The Morgan fingerprint density at radius 3 is 1.91 bits per heavy atom. The summed E-state index contributed by atoms with van der Waals surface area (Å²) in [5, 5.41) is 20.4. The monoisotopic (exact) mass is 319 g/mol. The van der Waals surface area contributed by atoms with Crippen molar-refractivity contribution in [1.82, 2.24) is 0 Å². The molecule has 1 aromatic rings. The second-order valence-electron chi connectivity index (χ2n) is 8.47. The first kappa shape index (κ1) is 17.8. The second-order valence-corrected chi connectivity index (χ2v) is 8.47. The minimum atomic E-state index is -0.534. The van der Waals surface area contributed by atoms with Crippen molar-refractivity contribution < 1.29 is 14.9 Å². The van der Waals surface area contributed by atoms with Crippen molar-refractivity contribution in [2.45, 2.75) is 71.4 Å². The van der Waals surface area contributed by atoms with Gasteiger partial charge in [0.05, 0.1) is 6.10 Å². The van der Waals surface area contributed by atoms with Crippen LogP contribution in [0.2, 0.25) is 0 Å². The summed E-state index contributed by atoms with van der Waals surface area (Å²) in [5.74, 6) is 0.895. The summed E-state index contributed by atoms with van der Waals surface area (Å²) >= 11 is 0. The van der Waals surface area contributed by atoms with E-state index in [1.54, 1.807) is 6.92 Å². The lowest BCUT2D eigenvalue weighted by Crippen LogP contribution is -2.21. The zero-order valence-corrected chi connectivity index (χ0v) is 15.3. The maximum atomic E-state index is 10.7. The van der Waals surface area contributed by atoms with Gasteiger partial charge in [0.25, 0.3) is 0 Å². The lowest BCUT2D eigenvalue weighted by Gasteiger charge is -2.28. The van der Waals surface area contributed by atoms with E-state index < -0.39 is 6.10 Å². The molecular weight excluding hydrogens is 290 g/mol. The largest absolute Gasteiger partial charge is 0.507 e. The number of phenols is 1. The van der Waals surface area contributed by atoms with E-state index in [0.717, 1.165) is 16.7 Å². The molecule has 2 unspecified atom stereocenters. The maximum absolute atomic E-state index is 10.7. The van der Waals surface area contributed by atoms with Crippen molar-refractivity contribution in [1.29, 1.82) is 0 Å². The van der Waals surface area contributed by atoms with Gasteiger partial charge in [-0.1, -0.05) is 41.5 Å². The number of ether oxygens (including phenoxy) is 1. The molecule has 1 heterocycles. The molecule has 0 fully saturated rings. The fourth-order valence-electron chi connectivity index (χ4n) is 2.70. The molecular formula is C19H29NO3. The second kappa shape index (κ2) is 5.82. The van der Waals surface area contributed by atoms with Crippen LogP contribution in [0, 0.1) is 0 Å². The van der Waals surface area contributed by atoms with E-state index in [2.05, 4.69) is 46.5 Å². The summed E-state index contributed by atoms with van der Waals surface area (Å²) in [6.07, 6.45) is -0.534. The molecule has 1 aliphatic heterocycles. The van der Waals surface area contributed by atoms with Gasteiger partial charge in [0.1, 0.15) is 18.4 Å². The fraction of sp³-hybridized carbons (Fsp3) is 0.632. The molecule has 23 heavy (non-hydrogen) atoms. The highest BCUT2D eigenvalue weighted by Crippen LogP contribution is 2.40. The zero-order valence-electron chi connectivity index (χ0n) is 15.3.